The third-order valence-corrected chi connectivity index (χ3v) is 12.5. The smallest absolute Gasteiger partial charge is 0.262 e. The Balaban J connectivity index is 0.760. The molecule has 4 heterocycles. The summed E-state index contributed by atoms with van der Waals surface area (Å²) in [5, 5.41) is 15.1. The van der Waals surface area contributed by atoms with Crippen LogP contribution in [0.4, 0.5) is 17.1 Å². The van der Waals surface area contributed by atoms with Gasteiger partial charge in [-0.3, -0.25) is 39.1 Å². The second-order valence-corrected chi connectivity index (χ2v) is 16.1. The van der Waals surface area contributed by atoms with Crippen LogP contribution in [0.5, 0.6) is 0 Å². The summed E-state index contributed by atoms with van der Waals surface area (Å²) < 4.78 is 0. The number of nitrogens with one attached hydrogen (secondary N) is 2. The quantitative estimate of drug-likeness (QED) is 0.305. The zero-order valence-corrected chi connectivity index (χ0v) is 32.1. The summed E-state index contributed by atoms with van der Waals surface area (Å²) in [5.41, 5.74) is 4.73. The van der Waals surface area contributed by atoms with Crippen molar-refractivity contribution in [2.24, 2.45) is 5.92 Å². The molecule has 5 amide bonds. The highest BCUT2D eigenvalue weighted by Gasteiger charge is 2.45. The van der Waals surface area contributed by atoms with Crippen molar-refractivity contribution >= 4 is 58.2 Å². The zero-order chi connectivity index (χ0) is 39.1. The number of benzene rings is 3. The van der Waals surface area contributed by atoms with E-state index in [1.165, 1.54) is 0 Å². The molecule has 1 atom stereocenters. The third kappa shape index (κ3) is 7.43. The molecule has 0 radical (unpaired) electrons. The Morgan fingerprint density at radius 2 is 1.55 bits per heavy atom. The molecular formula is C42H45ClN8O5. The third-order valence-electron chi connectivity index (χ3n) is 12.2. The Kier molecular flexibility index (Phi) is 10.4. The standard InChI is InChI=1S/C42H45ClN8O5/c1-47(32-9-4-28(22-44)36(43)21-32)30-10-5-29(6-11-30)45-39(53)27-2-7-31(8-3-27)49-18-16-48(17-19-49)23-26-24-50(25-26)33-12-13-34-35(20-33)42(56)51(41(34)55)37-14-15-38(52)46-40(37)54/h2-4,7-9,12-13,20-21,26,29-30,37H,5-6,10-11,14-19,23-25H2,1H3,(H,45,53)(H,46,52,54). The van der Waals surface area contributed by atoms with Gasteiger partial charge in [0.05, 0.1) is 21.7 Å². The molecule has 1 saturated carbocycles. The van der Waals surface area contributed by atoms with Crippen LogP contribution >= 0.6 is 11.6 Å². The SMILES string of the molecule is CN(c1ccc(C#N)c(Cl)c1)C1CCC(NC(=O)c2ccc(N3CCN(CC4CN(c5ccc6c(c5)C(=O)N(C5CCC(=O)NC5=O)C6=O)C4)CC3)cc2)CC1. The highest BCUT2D eigenvalue weighted by atomic mass is 35.5. The van der Waals surface area contributed by atoms with Crippen LogP contribution in [0.25, 0.3) is 0 Å². The lowest BCUT2D eigenvalue weighted by molar-refractivity contribution is -0.136. The van der Waals surface area contributed by atoms with Crippen LogP contribution in [0.2, 0.25) is 5.02 Å². The molecule has 1 aliphatic carbocycles. The van der Waals surface area contributed by atoms with Gasteiger partial charge in [0.2, 0.25) is 11.8 Å². The molecule has 0 aromatic heterocycles. The number of hydrogen-bond donors (Lipinski definition) is 2. The molecule has 3 aromatic carbocycles. The molecule has 0 spiro atoms. The molecule has 4 fully saturated rings. The van der Waals surface area contributed by atoms with E-state index >= 15 is 0 Å². The largest absolute Gasteiger partial charge is 0.372 e. The van der Waals surface area contributed by atoms with Crippen LogP contribution in [-0.4, -0.2) is 110 Å². The van der Waals surface area contributed by atoms with E-state index in [9.17, 15) is 29.2 Å². The number of carbonyl (C=O) groups is 5. The van der Waals surface area contributed by atoms with E-state index in [0.717, 1.165) is 93.5 Å². The predicted octanol–water partition coefficient (Wildman–Crippen LogP) is 4.05. The van der Waals surface area contributed by atoms with E-state index < -0.39 is 29.7 Å². The molecule has 3 aromatic rings. The maximum atomic E-state index is 13.3. The van der Waals surface area contributed by atoms with E-state index in [1.54, 1.807) is 18.2 Å². The highest BCUT2D eigenvalue weighted by Crippen LogP contribution is 2.34. The first-order valence-corrected chi connectivity index (χ1v) is 19.9. The molecular weight excluding hydrogens is 732 g/mol. The summed E-state index contributed by atoms with van der Waals surface area (Å²) in [6, 6.07) is 20.4. The Bertz CT molecular complexity index is 2100. The maximum absolute atomic E-state index is 13.3. The summed E-state index contributed by atoms with van der Waals surface area (Å²) in [7, 11) is 2.06. The van der Waals surface area contributed by atoms with Crippen molar-refractivity contribution in [1.29, 1.82) is 5.26 Å². The van der Waals surface area contributed by atoms with Gasteiger partial charge in [-0.15, -0.1) is 0 Å². The maximum Gasteiger partial charge on any atom is 0.262 e. The number of anilines is 3. The van der Waals surface area contributed by atoms with E-state index in [-0.39, 0.29) is 24.8 Å². The predicted molar refractivity (Wildman–Crippen MR) is 212 cm³/mol. The fourth-order valence-corrected chi connectivity index (χ4v) is 9.05. The van der Waals surface area contributed by atoms with Crippen molar-refractivity contribution in [3.05, 3.63) is 87.9 Å². The molecule has 14 heteroatoms. The molecule has 0 bridgehead atoms. The molecule has 13 nitrogen and oxygen atoms in total. The van der Waals surface area contributed by atoms with Crippen LogP contribution in [0.3, 0.4) is 0 Å². The summed E-state index contributed by atoms with van der Waals surface area (Å²) in [6.45, 7) is 6.39. The van der Waals surface area contributed by atoms with E-state index in [0.29, 0.717) is 39.2 Å². The topological polar surface area (TPSA) is 149 Å². The summed E-state index contributed by atoms with van der Waals surface area (Å²) in [6.07, 6.45) is 3.94. The zero-order valence-electron chi connectivity index (χ0n) is 31.4. The molecule has 290 valence electrons. The monoisotopic (exact) mass is 776 g/mol. The van der Waals surface area contributed by atoms with Crippen LogP contribution in [0, 0.1) is 17.2 Å². The molecule has 8 rings (SSSR count). The number of nitrogens with zero attached hydrogens (tertiary/aromatic N) is 6. The number of imide groups is 2. The Hall–Kier alpha value is -5.45. The number of amides is 5. The minimum Gasteiger partial charge on any atom is -0.372 e. The van der Waals surface area contributed by atoms with Crippen molar-refractivity contribution in [3.63, 3.8) is 0 Å². The lowest BCUT2D eigenvalue weighted by Gasteiger charge is -2.45. The average molecular weight is 777 g/mol. The molecule has 56 heavy (non-hydrogen) atoms. The molecule has 2 N–H and O–H groups in total. The lowest BCUT2D eigenvalue weighted by atomic mass is 9.90. The van der Waals surface area contributed by atoms with Crippen molar-refractivity contribution in [1.82, 2.24) is 20.4 Å². The number of halogens is 1. The van der Waals surface area contributed by atoms with Gasteiger partial charge in [0.1, 0.15) is 12.1 Å². The summed E-state index contributed by atoms with van der Waals surface area (Å²) in [4.78, 5) is 73.8. The molecule has 3 saturated heterocycles. The van der Waals surface area contributed by atoms with Crippen LogP contribution in [0.15, 0.2) is 60.7 Å². The molecule has 5 aliphatic rings. The first-order chi connectivity index (χ1) is 27.1. The van der Waals surface area contributed by atoms with Gasteiger partial charge in [0.15, 0.2) is 0 Å². The van der Waals surface area contributed by atoms with Gasteiger partial charge < -0.3 is 20.0 Å². The normalized spacial score (nSPS) is 23.0. The van der Waals surface area contributed by atoms with E-state index in [2.05, 4.69) is 43.4 Å². The van der Waals surface area contributed by atoms with Crippen molar-refractivity contribution < 1.29 is 24.0 Å². The minimum atomic E-state index is -0.970. The average Bonchev–Trinajstić information content (AvgIpc) is 3.44. The minimum absolute atomic E-state index is 0.0410. The Morgan fingerprint density at radius 3 is 2.23 bits per heavy atom. The fraction of sp³-hybridized carbons (Fsp3) is 0.429. The van der Waals surface area contributed by atoms with Crippen molar-refractivity contribution in [2.45, 2.75) is 56.7 Å². The van der Waals surface area contributed by atoms with Gasteiger partial charge in [-0.25, -0.2) is 0 Å². The highest BCUT2D eigenvalue weighted by molar-refractivity contribution is 6.32. The number of carbonyl (C=O) groups excluding carboxylic acids is 5. The van der Waals surface area contributed by atoms with E-state index in [4.69, 9.17) is 11.6 Å². The number of nitriles is 1. The van der Waals surface area contributed by atoms with Gasteiger partial charge >= 0.3 is 0 Å². The fourth-order valence-electron chi connectivity index (χ4n) is 8.83. The molecule has 4 aliphatic heterocycles. The van der Waals surface area contributed by atoms with Gasteiger partial charge in [0.25, 0.3) is 17.7 Å². The van der Waals surface area contributed by atoms with Gasteiger partial charge in [-0.2, -0.15) is 5.26 Å². The summed E-state index contributed by atoms with van der Waals surface area (Å²) in [5.74, 6) is -1.53. The van der Waals surface area contributed by atoms with Crippen LogP contribution in [0.1, 0.15) is 75.2 Å². The number of rotatable bonds is 9. The van der Waals surface area contributed by atoms with Crippen LogP contribution in [-0.2, 0) is 9.59 Å². The van der Waals surface area contributed by atoms with Gasteiger partial charge in [0, 0.05) is 99.9 Å². The van der Waals surface area contributed by atoms with E-state index in [1.807, 2.05) is 42.5 Å². The second-order valence-electron chi connectivity index (χ2n) is 15.6. The van der Waals surface area contributed by atoms with Gasteiger partial charge in [-0.1, -0.05) is 11.6 Å². The number of piperidine rings is 1. The van der Waals surface area contributed by atoms with Crippen LogP contribution < -0.4 is 25.3 Å². The molecule has 1 unspecified atom stereocenters. The Labute approximate surface area is 331 Å². The number of piperazine rings is 1. The summed E-state index contributed by atoms with van der Waals surface area (Å²) >= 11 is 6.27. The van der Waals surface area contributed by atoms with Crippen molar-refractivity contribution in [2.75, 3.05) is 67.6 Å². The number of hydrogen-bond acceptors (Lipinski definition) is 10. The van der Waals surface area contributed by atoms with Gasteiger partial charge in [-0.05, 0) is 92.8 Å². The first-order valence-electron chi connectivity index (χ1n) is 19.5. The lowest BCUT2D eigenvalue weighted by Crippen LogP contribution is -2.55. The van der Waals surface area contributed by atoms with Crippen molar-refractivity contribution in [3.8, 4) is 6.07 Å². The first kappa shape index (κ1) is 37.5. The Morgan fingerprint density at radius 1 is 0.857 bits per heavy atom. The number of fused-ring (bicyclic) bond motifs is 1. The second kappa shape index (κ2) is 15.6.